The Bertz CT molecular complexity index is 504. The van der Waals surface area contributed by atoms with Gasteiger partial charge in [-0.25, -0.2) is 0 Å². The molecule has 3 atom stereocenters. The zero-order chi connectivity index (χ0) is 14.1. The molecule has 0 amide bonds. The Morgan fingerprint density at radius 2 is 2.20 bits per heavy atom. The molecule has 0 spiro atoms. The van der Waals surface area contributed by atoms with Crippen molar-refractivity contribution in [3.8, 4) is 0 Å². The van der Waals surface area contributed by atoms with Crippen LogP contribution in [-0.4, -0.2) is 52.9 Å². The normalized spacial score (nSPS) is 30.1. The third kappa shape index (κ3) is 2.57. The quantitative estimate of drug-likeness (QED) is 0.856. The summed E-state index contributed by atoms with van der Waals surface area (Å²) in [5.41, 5.74) is 2.42. The lowest BCUT2D eigenvalue weighted by Gasteiger charge is -2.31. The minimum Gasteiger partial charge on any atom is -0.480 e. The zero-order valence-corrected chi connectivity index (χ0v) is 11.2. The number of aliphatic hydroxyl groups excluding tert-OH is 1. The lowest BCUT2D eigenvalue weighted by Crippen LogP contribution is -2.40. The summed E-state index contributed by atoms with van der Waals surface area (Å²) in [7, 11) is 0. The number of ether oxygens (including phenoxy) is 1. The third-order valence-corrected chi connectivity index (χ3v) is 4.16. The Morgan fingerprint density at radius 3 is 3.00 bits per heavy atom. The molecular weight excluding hydrogens is 258 g/mol. The molecule has 2 aliphatic heterocycles. The van der Waals surface area contributed by atoms with Crippen molar-refractivity contribution in [1.82, 2.24) is 4.90 Å². The van der Waals surface area contributed by atoms with Gasteiger partial charge in [0.15, 0.2) is 0 Å². The van der Waals surface area contributed by atoms with Crippen LogP contribution in [0.15, 0.2) is 24.3 Å². The molecule has 0 aliphatic carbocycles. The average Bonchev–Trinajstić information content (AvgIpc) is 2.80. The van der Waals surface area contributed by atoms with Gasteiger partial charge in [-0.05, 0) is 17.5 Å². The van der Waals surface area contributed by atoms with E-state index in [9.17, 15) is 15.0 Å². The number of carboxylic acid groups (broad SMARTS) is 1. The van der Waals surface area contributed by atoms with E-state index in [1.165, 1.54) is 5.56 Å². The van der Waals surface area contributed by atoms with Gasteiger partial charge < -0.3 is 14.9 Å². The van der Waals surface area contributed by atoms with Gasteiger partial charge in [-0.3, -0.25) is 9.69 Å². The summed E-state index contributed by atoms with van der Waals surface area (Å²) in [5, 5.41) is 18.9. The number of carbonyl (C=O) groups is 1. The number of carboxylic acids is 1. The first-order chi connectivity index (χ1) is 9.65. The smallest absolute Gasteiger partial charge is 0.321 e. The highest BCUT2D eigenvalue weighted by molar-refractivity contribution is 5.74. The van der Waals surface area contributed by atoms with Gasteiger partial charge in [0.2, 0.25) is 0 Å². The predicted octanol–water partition coefficient (Wildman–Crippen LogP) is 0.820. The SMILES string of the molecule is O=C(O)C1CC(O)CN1CC1OCCc2ccccc21. The molecule has 1 aromatic carbocycles. The highest BCUT2D eigenvalue weighted by atomic mass is 16.5. The lowest BCUT2D eigenvalue weighted by molar-refractivity contribution is -0.142. The summed E-state index contributed by atoms with van der Waals surface area (Å²) in [6.45, 7) is 1.58. The third-order valence-electron chi connectivity index (χ3n) is 4.16. The number of aliphatic hydroxyl groups is 1. The fourth-order valence-electron chi connectivity index (χ4n) is 3.18. The molecule has 2 heterocycles. The van der Waals surface area contributed by atoms with E-state index in [-0.39, 0.29) is 6.10 Å². The number of fused-ring (bicyclic) bond motifs is 1. The highest BCUT2D eigenvalue weighted by Gasteiger charge is 2.38. The van der Waals surface area contributed by atoms with E-state index in [2.05, 4.69) is 6.07 Å². The summed E-state index contributed by atoms with van der Waals surface area (Å²) >= 11 is 0. The van der Waals surface area contributed by atoms with Crippen LogP contribution in [0.4, 0.5) is 0 Å². The Labute approximate surface area is 117 Å². The van der Waals surface area contributed by atoms with Gasteiger partial charge in [-0.1, -0.05) is 24.3 Å². The van der Waals surface area contributed by atoms with Crippen molar-refractivity contribution in [3.05, 3.63) is 35.4 Å². The standard InChI is InChI=1S/C15H19NO4/c17-11-7-13(15(18)19)16(8-11)9-14-12-4-2-1-3-10(12)5-6-20-14/h1-4,11,13-14,17H,5-9H2,(H,18,19). The first kappa shape index (κ1) is 13.5. The first-order valence-corrected chi connectivity index (χ1v) is 6.99. The Kier molecular flexibility index (Phi) is 3.74. The van der Waals surface area contributed by atoms with Crippen LogP contribution in [0.5, 0.6) is 0 Å². The second-order valence-electron chi connectivity index (χ2n) is 5.51. The van der Waals surface area contributed by atoms with Gasteiger partial charge in [0.1, 0.15) is 6.04 Å². The Balaban J connectivity index is 1.77. The maximum atomic E-state index is 11.3. The monoisotopic (exact) mass is 277 g/mol. The molecule has 1 aromatic rings. The van der Waals surface area contributed by atoms with Crippen molar-refractivity contribution in [2.24, 2.45) is 0 Å². The largest absolute Gasteiger partial charge is 0.480 e. The number of likely N-dealkylation sites (tertiary alicyclic amines) is 1. The Hall–Kier alpha value is -1.43. The summed E-state index contributed by atoms with van der Waals surface area (Å²) in [6.07, 6.45) is 0.531. The molecule has 108 valence electrons. The van der Waals surface area contributed by atoms with Gasteiger partial charge in [0.05, 0.1) is 18.8 Å². The van der Waals surface area contributed by atoms with Gasteiger partial charge >= 0.3 is 5.97 Å². The molecule has 0 bridgehead atoms. The van der Waals surface area contributed by atoms with E-state index in [1.54, 1.807) is 0 Å². The molecule has 3 unspecified atom stereocenters. The van der Waals surface area contributed by atoms with Crippen molar-refractivity contribution in [1.29, 1.82) is 0 Å². The van der Waals surface area contributed by atoms with Crippen molar-refractivity contribution in [3.63, 3.8) is 0 Å². The van der Waals surface area contributed by atoms with Crippen molar-refractivity contribution < 1.29 is 19.7 Å². The number of hydrogen-bond donors (Lipinski definition) is 2. The van der Waals surface area contributed by atoms with E-state index in [4.69, 9.17) is 4.74 Å². The van der Waals surface area contributed by atoms with Gasteiger partial charge in [0, 0.05) is 19.5 Å². The molecular formula is C15H19NO4. The molecule has 5 nitrogen and oxygen atoms in total. The second kappa shape index (κ2) is 5.52. The molecule has 2 aliphatic rings. The lowest BCUT2D eigenvalue weighted by atomic mass is 9.97. The van der Waals surface area contributed by atoms with Crippen molar-refractivity contribution in [2.75, 3.05) is 19.7 Å². The second-order valence-corrected chi connectivity index (χ2v) is 5.51. The molecule has 0 aromatic heterocycles. The molecule has 1 saturated heterocycles. The molecule has 0 radical (unpaired) electrons. The van der Waals surface area contributed by atoms with Crippen LogP contribution >= 0.6 is 0 Å². The number of aliphatic carboxylic acids is 1. The number of benzene rings is 1. The molecule has 20 heavy (non-hydrogen) atoms. The fourth-order valence-corrected chi connectivity index (χ4v) is 3.18. The minimum atomic E-state index is -0.870. The van der Waals surface area contributed by atoms with Crippen LogP contribution in [-0.2, 0) is 16.0 Å². The van der Waals surface area contributed by atoms with E-state index in [0.29, 0.717) is 26.1 Å². The van der Waals surface area contributed by atoms with E-state index in [0.717, 1.165) is 12.0 Å². The Morgan fingerprint density at radius 1 is 1.40 bits per heavy atom. The predicted molar refractivity (Wildman–Crippen MR) is 72.5 cm³/mol. The van der Waals surface area contributed by atoms with Crippen LogP contribution < -0.4 is 0 Å². The van der Waals surface area contributed by atoms with Gasteiger partial charge in [-0.15, -0.1) is 0 Å². The van der Waals surface area contributed by atoms with Gasteiger partial charge in [-0.2, -0.15) is 0 Å². The molecule has 2 N–H and O–H groups in total. The van der Waals surface area contributed by atoms with Crippen LogP contribution in [0.25, 0.3) is 0 Å². The number of β-amino-alcohol motifs (C(OH)–C–C–N with tert-alkyl or cyclic N) is 1. The fraction of sp³-hybridized carbons (Fsp3) is 0.533. The zero-order valence-electron chi connectivity index (χ0n) is 11.2. The van der Waals surface area contributed by atoms with Gasteiger partial charge in [0.25, 0.3) is 0 Å². The highest BCUT2D eigenvalue weighted by Crippen LogP contribution is 2.30. The number of rotatable bonds is 3. The van der Waals surface area contributed by atoms with Crippen LogP contribution in [0.1, 0.15) is 23.7 Å². The van der Waals surface area contributed by atoms with Crippen molar-refractivity contribution in [2.45, 2.75) is 31.1 Å². The summed E-state index contributed by atoms with van der Waals surface area (Å²) in [4.78, 5) is 13.1. The molecule has 5 heteroatoms. The van der Waals surface area contributed by atoms with Crippen LogP contribution in [0, 0.1) is 0 Å². The van der Waals surface area contributed by atoms with Crippen LogP contribution in [0.3, 0.4) is 0 Å². The number of nitrogens with zero attached hydrogens (tertiary/aromatic N) is 1. The van der Waals surface area contributed by atoms with E-state index < -0.39 is 18.1 Å². The molecule has 1 fully saturated rings. The van der Waals surface area contributed by atoms with Crippen LogP contribution in [0.2, 0.25) is 0 Å². The molecule has 0 saturated carbocycles. The minimum absolute atomic E-state index is 0.105. The average molecular weight is 277 g/mol. The number of hydrogen-bond acceptors (Lipinski definition) is 4. The first-order valence-electron chi connectivity index (χ1n) is 6.99. The summed E-state index contributed by atoms with van der Waals surface area (Å²) < 4.78 is 5.81. The maximum absolute atomic E-state index is 11.3. The molecule has 3 rings (SSSR count). The topological polar surface area (TPSA) is 70.0 Å². The maximum Gasteiger partial charge on any atom is 0.321 e. The van der Waals surface area contributed by atoms with Crippen molar-refractivity contribution >= 4 is 5.97 Å². The van der Waals surface area contributed by atoms with E-state index in [1.807, 2.05) is 23.1 Å². The summed E-state index contributed by atoms with van der Waals surface area (Å²) in [6, 6.07) is 7.52. The summed E-state index contributed by atoms with van der Waals surface area (Å²) in [5.74, 6) is -0.870. The van der Waals surface area contributed by atoms with E-state index >= 15 is 0 Å².